The summed E-state index contributed by atoms with van der Waals surface area (Å²) >= 11 is 0. The van der Waals surface area contributed by atoms with Crippen molar-refractivity contribution in [3.8, 4) is 0 Å². The Morgan fingerprint density at radius 3 is 1.36 bits per heavy atom. The molecule has 0 aromatic heterocycles. The van der Waals surface area contributed by atoms with Crippen molar-refractivity contribution in [1.29, 1.82) is 0 Å². The first-order valence-electron chi connectivity index (χ1n) is 13.4. The molecule has 2 N–H and O–H groups in total. The van der Waals surface area contributed by atoms with Crippen molar-refractivity contribution < 1.29 is 36.8 Å². The van der Waals surface area contributed by atoms with E-state index in [-0.39, 0.29) is 20.9 Å². The van der Waals surface area contributed by atoms with E-state index in [1.165, 1.54) is 45.4 Å². The lowest BCUT2D eigenvalue weighted by atomic mass is 10.2. The zero-order chi connectivity index (χ0) is 32.1. The Hall–Kier alpha value is -4.69. The summed E-state index contributed by atoms with van der Waals surface area (Å²) in [5, 5.41) is 21.9. The van der Waals surface area contributed by atoms with Gasteiger partial charge in [-0.25, -0.2) is 0 Å². The van der Waals surface area contributed by atoms with Gasteiger partial charge in [0.2, 0.25) is 0 Å². The summed E-state index contributed by atoms with van der Waals surface area (Å²) in [6, 6.07) is 28.8. The summed E-state index contributed by atoms with van der Waals surface area (Å²) in [5.74, 6) is -1.35. The second kappa shape index (κ2) is 13.3. The van der Waals surface area contributed by atoms with Crippen LogP contribution in [0.3, 0.4) is 0 Å². The molecule has 2 aliphatic rings. The first kappa shape index (κ1) is 32.2. The van der Waals surface area contributed by atoms with E-state index in [1.54, 1.807) is 24.3 Å². The van der Waals surface area contributed by atoms with Crippen LogP contribution >= 0.6 is 0 Å². The fourth-order valence-electron chi connectivity index (χ4n) is 4.08. The van der Waals surface area contributed by atoms with Gasteiger partial charge in [0.1, 0.15) is 11.4 Å². The molecule has 2 aliphatic heterocycles. The standard InChI is InChI=1S/C17H21N3.2C7H5NO3S/c1-19(2)16-9-5-14(6-10-16)13-18-15-7-11-17(12-8-15)20(3)4;2*9-7-5-3-1-2-4-6(5)12(10,11)8-7/h5-13H,1-4H3;2*1-4H,(H,8,9). The van der Waals surface area contributed by atoms with Crippen LogP contribution in [0.5, 0.6) is 0 Å². The number of hydrogen-bond acceptors (Lipinski definition) is 7. The summed E-state index contributed by atoms with van der Waals surface area (Å²) in [5.41, 5.74) is 4.98. The van der Waals surface area contributed by atoms with Gasteiger partial charge in [-0.1, -0.05) is 36.4 Å². The average molecular weight is 634 g/mol. The molecule has 0 radical (unpaired) electrons. The molecule has 6 rings (SSSR count). The Labute approximate surface area is 256 Å². The number of aliphatic imine (C=N–C) groups is 1. The normalized spacial score (nSPS) is 15.4. The van der Waals surface area contributed by atoms with Crippen LogP contribution in [-0.2, 0) is 20.0 Å². The maximum atomic E-state index is 11.1. The van der Waals surface area contributed by atoms with Crippen molar-refractivity contribution in [3.63, 3.8) is 0 Å². The van der Waals surface area contributed by atoms with Gasteiger partial charge < -0.3 is 20.0 Å². The number of benzene rings is 4. The van der Waals surface area contributed by atoms with Crippen molar-refractivity contribution in [2.24, 2.45) is 13.8 Å². The Balaban J connectivity index is 0.000000159. The largest absolute Gasteiger partial charge is 0.858 e. The van der Waals surface area contributed by atoms with Gasteiger partial charge >= 0.3 is 0 Å². The molecule has 0 saturated carbocycles. The molecule has 0 atom stereocenters. The van der Waals surface area contributed by atoms with E-state index < -0.39 is 31.8 Å². The number of rotatable bonds is 4. The summed E-state index contributed by atoms with van der Waals surface area (Å²) in [6.07, 6.45) is 1.91. The molecule has 0 aliphatic carbocycles. The molecule has 0 amide bonds. The highest BCUT2D eigenvalue weighted by atomic mass is 32.2. The molecule has 44 heavy (non-hydrogen) atoms. The zero-order valence-electron chi connectivity index (χ0n) is 24.4. The van der Waals surface area contributed by atoms with Crippen LogP contribution in [-0.4, -0.2) is 63.0 Å². The SMILES string of the molecule is C[NH+](C)c1ccc(C=Nc2ccc([NH+](C)C)cc2)cc1.O=S1(=O)N=C([O-])c2ccccc21.O=S1(=O)N=C([O-])c2ccccc21. The second-order valence-electron chi connectivity index (χ2n) is 10.2. The highest BCUT2D eigenvalue weighted by Crippen LogP contribution is 2.24. The fraction of sp³-hybridized carbons (Fsp3) is 0.129. The maximum absolute atomic E-state index is 11.1. The summed E-state index contributed by atoms with van der Waals surface area (Å²) in [4.78, 5) is 7.18. The van der Waals surface area contributed by atoms with E-state index in [2.05, 4.69) is 90.5 Å². The lowest BCUT2D eigenvalue weighted by molar-refractivity contribution is -0.786. The third-order valence-corrected chi connectivity index (χ3v) is 9.13. The zero-order valence-corrected chi connectivity index (χ0v) is 26.1. The summed E-state index contributed by atoms with van der Waals surface area (Å²) in [7, 11) is 1.12. The van der Waals surface area contributed by atoms with E-state index >= 15 is 0 Å². The molecule has 0 saturated heterocycles. The van der Waals surface area contributed by atoms with Crippen LogP contribution in [0, 0.1) is 0 Å². The van der Waals surface area contributed by atoms with Crippen LogP contribution < -0.4 is 20.0 Å². The number of quaternary nitrogens is 2. The topological polar surface area (TPSA) is 160 Å². The van der Waals surface area contributed by atoms with E-state index in [1.807, 2.05) is 6.21 Å². The first-order valence-corrected chi connectivity index (χ1v) is 16.2. The molecule has 0 spiro atoms. The average Bonchev–Trinajstić information content (AvgIpc) is 3.39. The molecule has 0 unspecified atom stereocenters. The lowest BCUT2D eigenvalue weighted by Gasteiger charge is -2.06. The summed E-state index contributed by atoms with van der Waals surface area (Å²) in [6.45, 7) is 0. The minimum Gasteiger partial charge on any atom is -0.858 e. The number of nitrogens with one attached hydrogen (secondary N) is 2. The molecule has 2 heterocycles. The van der Waals surface area contributed by atoms with Crippen molar-refractivity contribution in [3.05, 3.63) is 114 Å². The van der Waals surface area contributed by atoms with Crippen molar-refractivity contribution in [1.82, 2.24) is 0 Å². The van der Waals surface area contributed by atoms with Gasteiger partial charge in [0.05, 0.1) is 43.7 Å². The van der Waals surface area contributed by atoms with E-state index in [0.29, 0.717) is 0 Å². The Morgan fingerprint density at radius 1 is 0.591 bits per heavy atom. The minimum atomic E-state index is -3.68. The number of sulfonamides is 2. The highest BCUT2D eigenvalue weighted by molar-refractivity contribution is 7.91. The monoisotopic (exact) mass is 633 g/mol. The Morgan fingerprint density at radius 2 is 0.977 bits per heavy atom. The van der Waals surface area contributed by atoms with Crippen LogP contribution in [0.15, 0.2) is 121 Å². The predicted molar refractivity (Wildman–Crippen MR) is 165 cm³/mol. The van der Waals surface area contributed by atoms with Gasteiger partial charge in [0, 0.05) is 41.3 Å². The molecular formula is C31H31N5O6S2. The van der Waals surface area contributed by atoms with Crippen molar-refractivity contribution in [2.45, 2.75) is 9.79 Å². The van der Waals surface area contributed by atoms with Crippen LogP contribution in [0.2, 0.25) is 0 Å². The quantitative estimate of drug-likeness (QED) is 0.301. The molecule has 0 fully saturated rings. The van der Waals surface area contributed by atoms with Crippen LogP contribution in [0.4, 0.5) is 17.1 Å². The number of fused-ring (bicyclic) bond motifs is 2. The smallest absolute Gasteiger partial charge is 0.282 e. The number of nitrogens with zero attached hydrogens (tertiary/aromatic N) is 3. The van der Waals surface area contributed by atoms with Gasteiger partial charge in [-0.2, -0.15) is 25.6 Å². The Bertz CT molecular complexity index is 1810. The maximum Gasteiger partial charge on any atom is 0.282 e. The van der Waals surface area contributed by atoms with E-state index in [4.69, 9.17) is 0 Å². The third-order valence-electron chi connectivity index (χ3n) is 6.49. The Kier molecular flexibility index (Phi) is 9.75. The van der Waals surface area contributed by atoms with Crippen molar-refractivity contribution >= 4 is 55.1 Å². The first-order chi connectivity index (χ1) is 20.8. The third kappa shape index (κ3) is 7.63. The second-order valence-corrected chi connectivity index (χ2v) is 13.3. The number of hydrogen-bond donors (Lipinski definition) is 2. The lowest BCUT2D eigenvalue weighted by Crippen LogP contribution is -3.00. The fourth-order valence-corrected chi connectivity index (χ4v) is 6.28. The van der Waals surface area contributed by atoms with E-state index in [9.17, 15) is 27.0 Å². The molecule has 11 nitrogen and oxygen atoms in total. The van der Waals surface area contributed by atoms with Crippen molar-refractivity contribution in [2.75, 3.05) is 28.2 Å². The summed E-state index contributed by atoms with van der Waals surface area (Å²) < 4.78 is 50.3. The van der Waals surface area contributed by atoms with Gasteiger partial charge in [0.25, 0.3) is 20.0 Å². The van der Waals surface area contributed by atoms with Gasteiger partial charge in [-0.15, -0.1) is 0 Å². The predicted octanol–water partition coefficient (Wildman–Crippen LogP) is -0.0192. The van der Waals surface area contributed by atoms with Crippen LogP contribution in [0.25, 0.3) is 0 Å². The van der Waals surface area contributed by atoms with Crippen LogP contribution in [0.1, 0.15) is 16.7 Å². The molecule has 228 valence electrons. The van der Waals surface area contributed by atoms with Gasteiger partial charge in [-0.05, 0) is 54.1 Å². The highest BCUT2D eigenvalue weighted by Gasteiger charge is 2.23. The molecule has 4 aromatic carbocycles. The van der Waals surface area contributed by atoms with Gasteiger partial charge in [-0.3, -0.25) is 4.99 Å². The molecule has 0 bridgehead atoms. The molecular weight excluding hydrogens is 603 g/mol. The molecule has 4 aromatic rings. The minimum absolute atomic E-state index is 0.00926. The molecule has 13 heteroatoms. The van der Waals surface area contributed by atoms with E-state index in [0.717, 1.165) is 11.3 Å². The van der Waals surface area contributed by atoms with Gasteiger partial charge in [0.15, 0.2) is 0 Å².